The monoisotopic (exact) mass is 295 g/mol. The Morgan fingerprint density at radius 1 is 1.18 bits per heavy atom. The Balaban J connectivity index is 2.01. The van der Waals surface area contributed by atoms with E-state index >= 15 is 0 Å². The fraction of sp³-hybridized carbons (Fsp3) is 0.222. The quantitative estimate of drug-likeness (QED) is 0.655. The molecule has 112 valence electrons. The van der Waals surface area contributed by atoms with Crippen LogP contribution in [0.4, 0.5) is 0 Å². The number of carbonyl (C=O) groups is 1. The zero-order valence-electron chi connectivity index (χ0n) is 12.8. The van der Waals surface area contributed by atoms with Gasteiger partial charge in [-0.25, -0.2) is 4.79 Å². The molecular formula is C18H17NO3. The molecule has 0 N–H and O–H groups in total. The van der Waals surface area contributed by atoms with Gasteiger partial charge in [0.1, 0.15) is 11.2 Å². The van der Waals surface area contributed by atoms with Gasteiger partial charge < -0.3 is 9.15 Å². The number of hydrogen-bond donors (Lipinski definition) is 0. The summed E-state index contributed by atoms with van der Waals surface area (Å²) in [6, 6.07) is 11.1. The number of benzene rings is 1. The van der Waals surface area contributed by atoms with Crippen molar-refractivity contribution < 1.29 is 13.9 Å². The van der Waals surface area contributed by atoms with E-state index in [2.05, 4.69) is 4.98 Å². The number of carbonyl (C=O) groups excluding carboxylic acids is 1. The van der Waals surface area contributed by atoms with Gasteiger partial charge in [-0.2, -0.15) is 0 Å². The fourth-order valence-electron chi connectivity index (χ4n) is 2.24. The maximum absolute atomic E-state index is 12.2. The Hall–Kier alpha value is -2.62. The maximum atomic E-state index is 12.2. The zero-order chi connectivity index (χ0) is 15.7. The van der Waals surface area contributed by atoms with Gasteiger partial charge in [0.25, 0.3) is 0 Å². The molecular weight excluding hydrogens is 278 g/mol. The summed E-state index contributed by atoms with van der Waals surface area (Å²) in [6.07, 6.45) is 3.25. The number of aromatic nitrogens is 1. The Labute approximate surface area is 128 Å². The van der Waals surface area contributed by atoms with Crippen molar-refractivity contribution in [2.75, 3.05) is 0 Å². The molecule has 0 saturated heterocycles. The molecule has 2 heterocycles. The summed E-state index contributed by atoms with van der Waals surface area (Å²) in [5.74, 6) is -0.359. The van der Waals surface area contributed by atoms with E-state index in [1.807, 2.05) is 45.0 Å². The van der Waals surface area contributed by atoms with Crippen molar-refractivity contribution in [3.8, 4) is 11.3 Å². The van der Waals surface area contributed by atoms with Gasteiger partial charge in [-0.3, -0.25) is 4.98 Å². The third-order valence-electron chi connectivity index (χ3n) is 3.15. The summed E-state index contributed by atoms with van der Waals surface area (Å²) in [4.78, 5) is 16.5. The maximum Gasteiger partial charge on any atom is 0.338 e. The summed E-state index contributed by atoms with van der Waals surface area (Å²) >= 11 is 0. The van der Waals surface area contributed by atoms with E-state index < -0.39 is 5.60 Å². The Morgan fingerprint density at radius 3 is 2.77 bits per heavy atom. The van der Waals surface area contributed by atoms with Crippen molar-refractivity contribution in [2.45, 2.75) is 26.4 Å². The van der Waals surface area contributed by atoms with Crippen LogP contribution in [-0.2, 0) is 4.74 Å². The molecule has 3 aromatic rings. The van der Waals surface area contributed by atoms with E-state index in [1.54, 1.807) is 24.6 Å². The van der Waals surface area contributed by atoms with E-state index in [0.717, 1.165) is 16.5 Å². The van der Waals surface area contributed by atoms with Crippen LogP contribution in [0.5, 0.6) is 0 Å². The van der Waals surface area contributed by atoms with Gasteiger partial charge >= 0.3 is 5.97 Å². The SMILES string of the molecule is CC(C)(C)OC(=O)c1ccnc(-c2cccc3ccoc23)c1. The molecule has 0 bridgehead atoms. The number of rotatable bonds is 2. The van der Waals surface area contributed by atoms with Crippen LogP contribution in [0.1, 0.15) is 31.1 Å². The van der Waals surface area contributed by atoms with Gasteiger partial charge in [0.2, 0.25) is 0 Å². The summed E-state index contributed by atoms with van der Waals surface area (Å²) in [5.41, 5.74) is 2.25. The van der Waals surface area contributed by atoms with Crippen molar-refractivity contribution in [2.24, 2.45) is 0 Å². The van der Waals surface area contributed by atoms with Gasteiger partial charge in [-0.05, 0) is 45.0 Å². The minimum atomic E-state index is -0.526. The number of fused-ring (bicyclic) bond motifs is 1. The minimum Gasteiger partial charge on any atom is -0.464 e. The number of para-hydroxylation sites is 1. The predicted molar refractivity (Wildman–Crippen MR) is 84.6 cm³/mol. The molecule has 22 heavy (non-hydrogen) atoms. The second kappa shape index (κ2) is 5.30. The zero-order valence-corrected chi connectivity index (χ0v) is 12.8. The number of furan rings is 1. The van der Waals surface area contributed by atoms with Crippen molar-refractivity contribution in [1.82, 2.24) is 4.98 Å². The molecule has 1 aromatic carbocycles. The Kier molecular flexibility index (Phi) is 3.45. The summed E-state index contributed by atoms with van der Waals surface area (Å²) in [5, 5.41) is 1.00. The molecule has 0 unspecified atom stereocenters. The molecule has 4 heteroatoms. The molecule has 0 aliphatic heterocycles. The van der Waals surface area contributed by atoms with Crippen LogP contribution in [0.2, 0.25) is 0 Å². The molecule has 0 amide bonds. The lowest BCUT2D eigenvalue weighted by molar-refractivity contribution is 0.00694. The molecule has 0 spiro atoms. The summed E-state index contributed by atoms with van der Waals surface area (Å²) < 4.78 is 10.9. The second-order valence-corrected chi connectivity index (χ2v) is 6.08. The smallest absolute Gasteiger partial charge is 0.338 e. The Morgan fingerprint density at radius 2 is 2.00 bits per heavy atom. The summed E-state index contributed by atoms with van der Waals surface area (Å²) in [6.45, 7) is 5.53. The van der Waals surface area contributed by atoms with Gasteiger partial charge in [-0.15, -0.1) is 0 Å². The highest BCUT2D eigenvalue weighted by atomic mass is 16.6. The predicted octanol–water partition coefficient (Wildman–Crippen LogP) is 4.45. The van der Waals surface area contributed by atoms with Gasteiger partial charge in [0.15, 0.2) is 0 Å². The normalized spacial score (nSPS) is 11.6. The number of pyridine rings is 1. The Bertz CT molecular complexity index is 827. The van der Waals surface area contributed by atoms with Crippen molar-refractivity contribution in [1.29, 1.82) is 0 Å². The minimum absolute atomic E-state index is 0.359. The second-order valence-electron chi connectivity index (χ2n) is 6.08. The molecule has 0 saturated carbocycles. The highest BCUT2D eigenvalue weighted by molar-refractivity contribution is 5.94. The first-order valence-electron chi connectivity index (χ1n) is 7.10. The van der Waals surface area contributed by atoms with Crippen molar-refractivity contribution in [3.05, 3.63) is 54.4 Å². The fourth-order valence-corrected chi connectivity index (χ4v) is 2.24. The molecule has 4 nitrogen and oxygen atoms in total. The van der Waals surface area contributed by atoms with Crippen LogP contribution in [0.15, 0.2) is 53.3 Å². The van der Waals surface area contributed by atoms with Crippen molar-refractivity contribution >= 4 is 16.9 Å². The summed E-state index contributed by atoms with van der Waals surface area (Å²) in [7, 11) is 0. The molecule has 0 radical (unpaired) electrons. The number of esters is 1. The average Bonchev–Trinajstić information content (AvgIpc) is 2.94. The lowest BCUT2D eigenvalue weighted by Crippen LogP contribution is -2.23. The van der Waals surface area contributed by atoms with Crippen LogP contribution >= 0.6 is 0 Å². The topological polar surface area (TPSA) is 52.3 Å². The molecule has 0 fully saturated rings. The number of ether oxygens (including phenoxy) is 1. The molecule has 0 aliphatic carbocycles. The first kappa shape index (κ1) is 14.3. The molecule has 2 aromatic heterocycles. The standard InChI is InChI=1S/C18H17NO3/c1-18(2,3)22-17(20)13-7-9-19-15(11-13)14-6-4-5-12-8-10-21-16(12)14/h4-11H,1-3H3. The first-order valence-corrected chi connectivity index (χ1v) is 7.10. The van der Waals surface area contributed by atoms with Crippen LogP contribution < -0.4 is 0 Å². The molecule has 0 atom stereocenters. The lowest BCUT2D eigenvalue weighted by Gasteiger charge is -2.19. The molecule has 3 rings (SSSR count). The first-order chi connectivity index (χ1) is 10.4. The van der Waals surface area contributed by atoms with Crippen molar-refractivity contribution in [3.63, 3.8) is 0 Å². The van der Waals surface area contributed by atoms with Gasteiger partial charge in [0.05, 0.1) is 17.5 Å². The van der Waals surface area contributed by atoms with E-state index in [-0.39, 0.29) is 5.97 Å². The molecule has 0 aliphatic rings. The van der Waals surface area contributed by atoms with Crippen LogP contribution in [0, 0.1) is 0 Å². The third kappa shape index (κ3) is 2.86. The largest absolute Gasteiger partial charge is 0.464 e. The average molecular weight is 295 g/mol. The van der Waals surface area contributed by atoms with Gasteiger partial charge in [-0.1, -0.05) is 12.1 Å². The number of hydrogen-bond acceptors (Lipinski definition) is 4. The highest BCUT2D eigenvalue weighted by Crippen LogP contribution is 2.28. The third-order valence-corrected chi connectivity index (χ3v) is 3.15. The number of nitrogens with zero attached hydrogens (tertiary/aromatic N) is 1. The van der Waals surface area contributed by atoms with E-state index in [1.165, 1.54) is 0 Å². The highest BCUT2D eigenvalue weighted by Gasteiger charge is 2.19. The van der Waals surface area contributed by atoms with E-state index in [4.69, 9.17) is 9.15 Å². The van der Waals surface area contributed by atoms with E-state index in [0.29, 0.717) is 11.3 Å². The lowest BCUT2D eigenvalue weighted by atomic mass is 10.1. The van der Waals surface area contributed by atoms with Crippen LogP contribution in [0.3, 0.4) is 0 Å². The van der Waals surface area contributed by atoms with Gasteiger partial charge in [0, 0.05) is 17.1 Å². The van der Waals surface area contributed by atoms with Crippen LogP contribution in [0.25, 0.3) is 22.2 Å². The van der Waals surface area contributed by atoms with E-state index in [9.17, 15) is 4.79 Å². The van der Waals surface area contributed by atoms with Crippen LogP contribution in [-0.4, -0.2) is 16.6 Å².